The Balaban J connectivity index is 0.00000306. The average Bonchev–Trinajstić information content (AvgIpc) is 3.22. The number of amides is 1. The lowest BCUT2D eigenvalue weighted by Crippen LogP contribution is -2.57. The molecule has 1 aromatic heterocycles. The highest BCUT2D eigenvalue weighted by atomic mass is 35.5. The predicted octanol–water partition coefficient (Wildman–Crippen LogP) is 4.44. The number of carbonyl (C=O) groups is 2. The van der Waals surface area contributed by atoms with Crippen LogP contribution in [0.4, 0.5) is 13.2 Å². The number of hydrogen-bond acceptors (Lipinski definition) is 4. The molecule has 3 heterocycles. The van der Waals surface area contributed by atoms with Gasteiger partial charge in [0.25, 0.3) is 11.7 Å². The van der Waals surface area contributed by atoms with Crippen LogP contribution in [0.2, 0.25) is 5.02 Å². The van der Waals surface area contributed by atoms with Gasteiger partial charge >= 0.3 is 6.18 Å². The van der Waals surface area contributed by atoms with E-state index < -0.39 is 17.5 Å². The SMILES string of the molecule is COc1ccc(C(=O)N2CCC3(CC2)NCC(C)n2c(C(=O)C(F)(F)F)ccc23)cc1Cl.[HH]. The summed E-state index contributed by atoms with van der Waals surface area (Å²) in [4.78, 5) is 26.6. The summed E-state index contributed by atoms with van der Waals surface area (Å²) in [5.74, 6) is -1.53. The summed E-state index contributed by atoms with van der Waals surface area (Å²) in [5.41, 5.74) is 0.166. The van der Waals surface area contributed by atoms with E-state index in [2.05, 4.69) is 5.32 Å². The second-order valence-electron chi connectivity index (χ2n) is 8.25. The fraction of sp³-hybridized carbons (Fsp3) is 0.455. The van der Waals surface area contributed by atoms with Crippen molar-refractivity contribution in [2.45, 2.75) is 37.5 Å². The molecular formula is C22H25ClF3N3O3. The highest BCUT2D eigenvalue weighted by Crippen LogP contribution is 2.40. The molecule has 1 spiro atoms. The van der Waals surface area contributed by atoms with Crippen LogP contribution in [-0.4, -0.2) is 54.1 Å². The highest BCUT2D eigenvalue weighted by Gasteiger charge is 2.47. The number of hydrogen-bond donors (Lipinski definition) is 1. The van der Waals surface area contributed by atoms with Crippen molar-refractivity contribution in [3.63, 3.8) is 0 Å². The Labute approximate surface area is 189 Å². The van der Waals surface area contributed by atoms with Gasteiger partial charge in [-0.15, -0.1) is 0 Å². The number of alkyl halides is 3. The molecule has 2 aromatic rings. The number of rotatable bonds is 3. The molecule has 1 N–H and O–H groups in total. The zero-order valence-corrected chi connectivity index (χ0v) is 18.4. The van der Waals surface area contributed by atoms with E-state index in [0.29, 0.717) is 54.5 Å². The number of nitrogens with zero attached hydrogens (tertiary/aromatic N) is 2. The van der Waals surface area contributed by atoms with Crippen LogP contribution in [0.25, 0.3) is 0 Å². The molecule has 0 radical (unpaired) electrons. The van der Waals surface area contributed by atoms with E-state index in [1.165, 1.54) is 17.7 Å². The number of fused-ring (bicyclic) bond motifs is 2. The standard InChI is InChI=1S/C22H23ClF3N3O3.H2/c1-13-12-27-21(18-6-4-16(29(13)18)19(30)22(24,25)26)7-9-28(10-8-21)20(31)14-3-5-17(32-2)15(23)11-14;/h3-6,11,13,27H,7-10,12H2,1-2H3;1H. The van der Waals surface area contributed by atoms with Gasteiger partial charge in [-0.1, -0.05) is 11.6 Å². The van der Waals surface area contributed by atoms with Gasteiger partial charge in [-0.05, 0) is 50.1 Å². The minimum absolute atomic E-state index is 0. The van der Waals surface area contributed by atoms with Gasteiger partial charge in [0, 0.05) is 38.4 Å². The summed E-state index contributed by atoms with van der Waals surface area (Å²) < 4.78 is 45.9. The summed E-state index contributed by atoms with van der Waals surface area (Å²) in [6.07, 6.45) is -3.90. The molecule has 0 saturated carbocycles. The first-order chi connectivity index (χ1) is 15.1. The Morgan fingerprint density at radius 2 is 1.91 bits per heavy atom. The number of aromatic nitrogens is 1. The summed E-state index contributed by atoms with van der Waals surface area (Å²) in [5, 5.41) is 3.81. The second-order valence-corrected chi connectivity index (χ2v) is 8.66. The van der Waals surface area contributed by atoms with E-state index in [1.54, 1.807) is 36.1 Å². The lowest BCUT2D eigenvalue weighted by atomic mass is 9.82. The molecule has 0 bridgehead atoms. The number of methoxy groups -OCH3 is 1. The van der Waals surface area contributed by atoms with Crippen molar-refractivity contribution in [1.29, 1.82) is 0 Å². The van der Waals surface area contributed by atoms with Gasteiger partial charge in [0.15, 0.2) is 0 Å². The van der Waals surface area contributed by atoms with Crippen molar-refractivity contribution in [3.05, 3.63) is 52.3 Å². The number of likely N-dealkylation sites (tertiary alicyclic amines) is 1. The van der Waals surface area contributed by atoms with Crippen molar-refractivity contribution >= 4 is 23.3 Å². The van der Waals surface area contributed by atoms with Gasteiger partial charge in [0.2, 0.25) is 0 Å². The maximum Gasteiger partial charge on any atom is 0.456 e. The maximum absolute atomic E-state index is 13.1. The summed E-state index contributed by atoms with van der Waals surface area (Å²) in [6.45, 7) is 3.04. The number of carbonyl (C=O) groups excluding carboxylic acids is 2. The lowest BCUT2D eigenvalue weighted by molar-refractivity contribution is -0.0892. The predicted molar refractivity (Wildman–Crippen MR) is 114 cm³/mol. The minimum Gasteiger partial charge on any atom is -0.495 e. The van der Waals surface area contributed by atoms with Gasteiger partial charge in [-0.3, -0.25) is 9.59 Å². The molecule has 6 nitrogen and oxygen atoms in total. The molecule has 1 amide bonds. The average molecular weight is 472 g/mol. The van der Waals surface area contributed by atoms with Crippen LogP contribution in [0, 0.1) is 0 Å². The highest BCUT2D eigenvalue weighted by molar-refractivity contribution is 6.32. The molecule has 174 valence electrons. The van der Waals surface area contributed by atoms with Crippen LogP contribution in [-0.2, 0) is 5.54 Å². The fourth-order valence-electron chi connectivity index (χ4n) is 4.67. The third-order valence-electron chi connectivity index (χ3n) is 6.38. The Hall–Kier alpha value is -2.52. The third kappa shape index (κ3) is 3.77. The first-order valence-electron chi connectivity index (χ1n) is 10.3. The van der Waals surface area contributed by atoms with Crippen LogP contribution in [0.5, 0.6) is 5.75 Å². The van der Waals surface area contributed by atoms with E-state index in [1.807, 2.05) is 0 Å². The van der Waals surface area contributed by atoms with Crippen LogP contribution in [0.3, 0.4) is 0 Å². The number of ether oxygens (including phenoxy) is 1. The Bertz CT molecular complexity index is 1060. The van der Waals surface area contributed by atoms with Crippen LogP contribution in [0.1, 0.15) is 53.8 Å². The molecule has 32 heavy (non-hydrogen) atoms. The number of benzene rings is 1. The van der Waals surface area contributed by atoms with Crippen LogP contribution in [0.15, 0.2) is 30.3 Å². The van der Waals surface area contributed by atoms with Crippen LogP contribution >= 0.6 is 11.6 Å². The zero-order chi connectivity index (χ0) is 23.3. The molecule has 1 fully saturated rings. The second kappa shape index (κ2) is 8.12. The number of nitrogens with one attached hydrogen (secondary N) is 1. The molecule has 1 unspecified atom stereocenters. The summed E-state index contributed by atoms with van der Waals surface area (Å²) in [7, 11) is 1.49. The van der Waals surface area contributed by atoms with E-state index in [4.69, 9.17) is 16.3 Å². The normalized spacial score (nSPS) is 20.2. The van der Waals surface area contributed by atoms with Crippen molar-refractivity contribution in [2.24, 2.45) is 0 Å². The van der Waals surface area contributed by atoms with Gasteiger partial charge in [0.05, 0.1) is 23.4 Å². The number of piperidine rings is 1. The Kier molecular flexibility index (Phi) is 5.75. The van der Waals surface area contributed by atoms with Gasteiger partial charge in [0.1, 0.15) is 5.75 Å². The molecule has 2 aliphatic heterocycles. The van der Waals surface area contributed by atoms with Gasteiger partial charge < -0.3 is 19.5 Å². The molecule has 1 saturated heterocycles. The smallest absolute Gasteiger partial charge is 0.456 e. The van der Waals surface area contributed by atoms with E-state index in [0.717, 1.165) is 0 Å². The van der Waals surface area contributed by atoms with E-state index in [-0.39, 0.29) is 19.1 Å². The number of ketones is 1. The van der Waals surface area contributed by atoms with Crippen LogP contribution < -0.4 is 10.1 Å². The quantitative estimate of drug-likeness (QED) is 0.672. The number of halogens is 4. The van der Waals surface area contributed by atoms with Crippen molar-refractivity contribution < 1.29 is 28.9 Å². The summed E-state index contributed by atoms with van der Waals surface area (Å²) >= 11 is 6.14. The number of Topliss-reactive ketones (excluding diaryl/α,β-unsaturated/α-hetero) is 1. The third-order valence-corrected chi connectivity index (χ3v) is 6.67. The Morgan fingerprint density at radius 1 is 1.22 bits per heavy atom. The molecule has 10 heteroatoms. The largest absolute Gasteiger partial charge is 0.495 e. The van der Waals surface area contributed by atoms with Crippen molar-refractivity contribution in [2.75, 3.05) is 26.7 Å². The van der Waals surface area contributed by atoms with Gasteiger partial charge in [-0.25, -0.2) is 0 Å². The first kappa shape index (κ1) is 22.7. The molecule has 0 aliphatic carbocycles. The molecule has 1 atom stereocenters. The minimum atomic E-state index is -4.93. The van der Waals surface area contributed by atoms with E-state index in [9.17, 15) is 22.8 Å². The van der Waals surface area contributed by atoms with Gasteiger partial charge in [-0.2, -0.15) is 13.2 Å². The zero-order valence-electron chi connectivity index (χ0n) is 17.6. The monoisotopic (exact) mass is 471 g/mol. The molecule has 4 rings (SSSR count). The van der Waals surface area contributed by atoms with Crippen molar-refractivity contribution in [1.82, 2.24) is 14.8 Å². The van der Waals surface area contributed by atoms with Crippen molar-refractivity contribution in [3.8, 4) is 5.75 Å². The fourth-order valence-corrected chi connectivity index (χ4v) is 4.93. The maximum atomic E-state index is 13.1. The topological polar surface area (TPSA) is 63.6 Å². The molecule has 2 aliphatic rings. The Morgan fingerprint density at radius 3 is 2.50 bits per heavy atom. The first-order valence-corrected chi connectivity index (χ1v) is 10.7. The molecule has 1 aromatic carbocycles. The van der Waals surface area contributed by atoms with E-state index >= 15 is 0 Å². The molecular weight excluding hydrogens is 447 g/mol. The lowest BCUT2D eigenvalue weighted by Gasteiger charge is -2.47. The summed E-state index contributed by atoms with van der Waals surface area (Å²) in [6, 6.07) is 7.41.